The average Bonchev–Trinajstić information content (AvgIpc) is 2.97. The second-order valence-corrected chi connectivity index (χ2v) is 10.0. The molecule has 3 aromatic carbocycles. The number of carboxylic acids is 3. The second-order valence-electron chi connectivity index (χ2n) is 10.0. The first-order valence-electron chi connectivity index (χ1n) is 13.7. The summed E-state index contributed by atoms with van der Waals surface area (Å²) < 4.78 is 0. The van der Waals surface area contributed by atoms with Gasteiger partial charge in [-0.25, -0.2) is 4.79 Å². The van der Waals surface area contributed by atoms with E-state index in [0.29, 0.717) is 18.8 Å². The van der Waals surface area contributed by atoms with E-state index >= 15 is 0 Å². The Balaban J connectivity index is 0.000000369. The van der Waals surface area contributed by atoms with Gasteiger partial charge in [-0.15, -0.1) is 0 Å². The SMILES string of the molecule is CC(C)CC(N)C(=O)O.NC(Cc1ccccc1)C(=O)O.O=C(C=Cc1ccccc1)NC(Cc1ccccc1)C(=O)O. The van der Waals surface area contributed by atoms with E-state index < -0.39 is 41.9 Å². The monoisotopic (exact) mass is 591 g/mol. The molecule has 8 N–H and O–H groups in total. The van der Waals surface area contributed by atoms with Gasteiger partial charge in [0.1, 0.15) is 18.1 Å². The lowest BCUT2D eigenvalue weighted by atomic mass is 10.1. The number of carbonyl (C=O) groups excluding carboxylic acids is 1. The number of nitrogens with two attached hydrogens (primary N) is 2. The van der Waals surface area contributed by atoms with E-state index in [2.05, 4.69) is 5.32 Å². The Labute approximate surface area is 252 Å². The van der Waals surface area contributed by atoms with Crippen molar-refractivity contribution >= 4 is 29.9 Å². The molecule has 0 fully saturated rings. The smallest absolute Gasteiger partial charge is 0.326 e. The van der Waals surface area contributed by atoms with Crippen LogP contribution in [-0.2, 0) is 32.0 Å². The molecule has 0 saturated heterocycles. The lowest BCUT2D eigenvalue weighted by molar-refractivity contribution is -0.141. The number of hydrogen-bond acceptors (Lipinski definition) is 6. The minimum atomic E-state index is -1.05. The Kier molecular flexibility index (Phi) is 17.0. The van der Waals surface area contributed by atoms with Crippen molar-refractivity contribution in [2.45, 2.75) is 51.2 Å². The fourth-order valence-electron chi connectivity index (χ4n) is 3.57. The highest BCUT2D eigenvalue weighted by atomic mass is 16.4. The van der Waals surface area contributed by atoms with Gasteiger partial charge in [-0.1, -0.05) is 105 Å². The fourth-order valence-corrected chi connectivity index (χ4v) is 3.57. The normalized spacial score (nSPS) is 12.5. The summed E-state index contributed by atoms with van der Waals surface area (Å²) in [7, 11) is 0. The average molecular weight is 592 g/mol. The minimum absolute atomic E-state index is 0.251. The van der Waals surface area contributed by atoms with Crippen LogP contribution in [0.4, 0.5) is 0 Å². The summed E-state index contributed by atoms with van der Waals surface area (Å²) in [6.45, 7) is 3.89. The molecule has 0 spiro atoms. The van der Waals surface area contributed by atoms with E-state index in [4.69, 9.17) is 21.7 Å². The number of aliphatic carboxylic acids is 3. The lowest BCUT2D eigenvalue weighted by Gasteiger charge is -2.13. The zero-order valence-corrected chi connectivity index (χ0v) is 24.4. The molecule has 3 atom stereocenters. The molecule has 3 rings (SSSR count). The first-order valence-corrected chi connectivity index (χ1v) is 13.7. The van der Waals surface area contributed by atoms with E-state index in [0.717, 1.165) is 16.7 Å². The minimum Gasteiger partial charge on any atom is -0.480 e. The van der Waals surface area contributed by atoms with Crippen molar-refractivity contribution in [3.8, 4) is 0 Å². The maximum atomic E-state index is 11.9. The summed E-state index contributed by atoms with van der Waals surface area (Å²) in [5.41, 5.74) is 13.3. The Hall–Kier alpha value is -4.80. The highest BCUT2D eigenvalue weighted by molar-refractivity contribution is 5.94. The highest BCUT2D eigenvalue weighted by Crippen LogP contribution is 2.05. The quantitative estimate of drug-likeness (QED) is 0.171. The Bertz CT molecular complexity index is 1280. The van der Waals surface area contributed by atoms with Crippen LogP contribution in [-0.4, -0.2) is 57.3 Å². The third kappa shape index (κ3) is 16.9. The van der Waals surface area contributed by atoms with Crippen LogP contribution >= 0.6 is 0 Å². The summed E-state index contributed by atoms with van der Waals surface area (Å²) in [6, 6.07) is 25.5. The van der Waals surface area contributed by atoms with Crippen molar-refractivity contribution < 1.29 is 34.5 Å². The van der Waals surface area contributed by atoms with Crippen molar-refractivity contribution in [2.75, 3.05) is 0 Å². The number of carboxylic acid groups (broad SMARTS) is 3. The van der Waals surface area contributed by atoms with Crippen molar-refractivity contribution in [1.82, 2.24) is 5.32 Å². The van der Waals surface area contributed by atoms with E-state index in [1.54, 1.807) is 6.08 Å². The second kappa shape index (κ2) is 20.1. The molecule has 0 saturated carbocycles. The van der Waals surface area contributed by atoms with Gasteiger partial charge in [0.2, 0.25) is 5.91 Å². The predicted octanol–water partition coefficient (Wildman–Crippen LogP) is 3.60. The Morgan fingerprint density at radius 2 is 1.12 bits per heavy atom. The number of amides is 1. The summed E-state index contributed by atoms with van der Waals surface area (Å²) in [5, 5.41) is 28.6. The van der Waals surface area contributed by atoms with E-state index in [9.17, 15) is 24.3 Å². The van der Waals surface area contributed by atoms with Gasteiger partial charge < -0.3 is 32.1 Å². The Morgan fingerprint density at radius 1 is 0.674 bits per heavy atom. The molecule has 0 aliphatic rings. The zero-order valence-electron chi connectivity index (χ0n) is 24.4. The van der Waals surface area contributed by atoms with Crippen molar-refractivity contribution in [2.24, 2.45) is 17.4 Å². The van der Waals surface area contributed by atoms with Crippen LogP contribution in [0.2, 0.25) is 0 Å². The van der Waals surface area contributed by atoms with Gasteiger partial charge >= 0.3 is 17.9 Å². The third-order valence-electron chi connectivity index (χ3n) is 5.78. The first kappa shape index (κ1) is 36.2. The summed E-state index contributed by atoms with van der Waals surface area (Å²) >= 11 is 0. The lowest BCUT2D eigenvalue weighted by Crippen LogP contribution is -2.41. The molecule has 3 aromatic rings. The molecular weight excluding hydrogens is 550 g/mol. The number of rotatable bonds is 12. The van der Waals surface area contributed by atoms with E-state index in [-0.39, 0.29) is 6.42 Å². The van der Waals surface area contributed by atoms with Gasteiger partial charge in [0.05, 0.1) is 0 Å². The van der Waals surface area contributed by atoms with Crippen LogP contribution in [0.5, 0.6) is 0 Å². The largest absolute Gasteiger partial charge is 0.480 e. The predicted molar refractivity (Wildman–Crippen MR) is 166 cm³/mol. The van der Waals surface area contributed by atoms with E-state index in [1.165, 1.54) is 6.08 Å². The number of hydrogen-bond donors (Lipinski definition) is 6. The first-order chi connectivity index (χ1) is 20.4. The van der Waals surface area contributed by atoms with Crippen LogP contribution in [0.3, 0.4) is 0 Å². The van der Waals surface area contributed by atoms with Gasteiger partial charge in [0, 0.05) is 12.5 Å². The summed E-state index contributed by atoms with van der Waals surface area (Å²) in [4.78, 5) is 43.6. The Morgan fingerprint density at radius 3 is 1.51 bits per heavy atom. The van der Waals surface area contributed by atoms with Gasteiger partial charge in [0.15, 0.2) is 0 Å². The fraction of sp³-hybridized carbons (Fsp3) is 0.273. The van der Waals surface area contributed by atoms with Crippen LogP contribution in [0.1, 0.15) is 37.0 Å². The van der Waals surface area contributed by atoms with Crippen LogP contribution in [0.15, 0.2) is 97.1 Å². The van der Waals surface area contributed by atoms with Crippen molar-refractivity contribution in [3.63, 3.8) is 0 Å². The molecule has 1 amide bonds. The topological polar surface area (TPSA) is 193 Å². The zero-order chi connectivity index (χ0) is 32.2. The highest BCUT2D eigenvalue weighted by Gasteiger charge is 2.19. The van der Waals surface area contributed by atoms with E-state index in [1.807, 2.05) is 105 Å². The molecule has 43 heavy (non-hydrogen) atoms. The maximum Gasteiger partial charge on any atom is 0.326 e. The van der Waals surface area contributed by atoms with Crippen LogP contribution in [0.25, 0.3) is 6.08 Å². The van der Waals surface area contributed by atoms with Crippen molar-refractivity contribution in [3.05, 3.63) is 114 Å². The molecule has 0 bridgehead atoms. The van der Waals surface area contributed by atoms with Crippen molar-refractivity contribution in [1.29, 1.82) is 0 Å². The maximum absolute atomic E-state index is 11.9. The standard InChI is InChI=1S/C18H17NO3.C9H11NO2.C6H13NO2/c20-17(12-11-14-7-3-1-4-8-14)19-16(18(21)22)13-15-9-5-2-6-10-15;10-8(9(11)12)6-7-4-2-1-3-5-7;1-4(2)3-5(7)6(8)9/h1-12,16H,13H2,(H,19,20)(H,21,22);1-5,8H,6,10H2,(H,11,12);4-5H,3,7H2,1-2H3,(H,8,9). The number of benzene rings is 3. The number of nitrogens with one attached hydrogen (secondary N) is 1. The number of carbonyl (C=O) groups is 4. The molecule has 0 aromatic heterocycles. The van der Waals surface area contributed by atoms with Gasteiger partial charge in [-0.3, -0.25) is 14.4 Å². The third-order valence-corrected chi connectivity index (χ3v) is 5.78. The van der Waals surface area contributed by atoms with Gasteiger partial charge in [-0.2, -0.15) is 0 Å². The summed E-state index contributed by atoms with van der Waals surface area (Å²) in [6.07, 6.45) is 4.18. The molecule has 3 unspecified atom stereocenters. The van der Waals surface area contributed by atoms with Crippen LogP contribution < -0.4 is 16.8 Å². The molecule has 0 aliphatic carbocycles. The molecule has 10 heteroatoms. The molecule has 0 radical (unpaired) electrons. The van der Waals surface area contributed by atoms with Gasteiger partial charge in [0.25, 0.3) is 0 Å². The summed E-state index contributed by atoms with van der Waals surface area (Å²) in [5.74, 6) is -2.99. The molecule has 0 heterocycles. The van der Waals surface area contributed by atoms with Crippen LogP contribution in [0, 0.1) is 5.92 Å². The molecule has 230 valence electrons. The molecular formula is C33H41N3O7. The van der Waals surface area contributed by atoms with Gasteiger partial charge in [-0.05, 0) is 41.5 Å². The molecule has 10 nitrogen and oxygen atoms in total. The molecule has 0 aliphatic heterocycles.